The van der Waals surface area contributed by atoms with Crippen LogP contribution in [0.25, 0.3) is 5.57 Å². The van der Waals surface area contributed by atoms with Crippen molar-refractivity contribution in [1.82, 2.24) is 0 Å². The van der Waals surface area contributed by atoms with Gasteiger partial charge in [0, 0.05) is 10.6 Å². The molecule has 0 aliphatic heterocycles. The molecule has 1 rings (SSSR count). The third kappa shape index (κ3) is 2.55. The second-order valence-electron chi connectivity index (χ2n) is 2.98. The zero-order valence-corrected chi connectivity index (χ0v) is 8.56. The predicted molar refractivity (Wildman–Crippen MR) is 53.1 cm³/mol. The Balaban J connectivity index is 3.20. The Morgan fingerprint density at radius 3 is 2.31 bits per heavy atom. The molecule has 0 aliphatic rings. The van der Waals surface area contributed by atoms with Gasteiger partial charge < -0.3 is 5.11 Å². The molecule has 0 saturated heterocycles. The zero-order valence-electron chi connectivity index (χ0n) is 7.81. The van der Waals surface area contributed by atoms with Gasteiger partial charge >= 0.3 is 12.1 Å². The number of alkyl halides is 3. The number of carboxylic acid groups (broad SMARTS) is 1. The summed E-state index contributed by atoms with van der Waals surface area (Å²) in [6.45, 7) is 3.21. The smallest absolute Gasteiger partial charge is 0.416 e. The first-order chi connectivity index (χ1) is 7.23. The minimum atomic E-state index is -4.51. The second-order valence-corrected chi connectivity index (χ2v) is 3.38. The fourth-order valence-electron chi connectivity index (χ4n) is 1.05. The van der Waals surface area contributed by atoms with E-state index in [0.29, 0.717) is 6.07 Å². The van der Waals surface area contributed by atoms with Crippen LogP contribution < -0.4 is 0 Å². The van der Waals surface area contributed by atoms with Gasteiger partial charge in [-0.1, -0.05) is 24.2 Å². The van der Waals surface area contributed by atoms with Crippen molar-refractivity contribution in [2.24, 2.45) is 0 Å². The van der Waals surface area contributed by atoms with Gasteiger partial charge in [-0.15, -0.1) is 0 Å². The van der Waals surface area contributed by atoms with Gasteiger partial charge in [0.25, 0.3) is 0 Å². The van der Waals surface area contributed by atoms with Crippen molar-refractivity contribution in [3.05, 3.63) is 40.9 Å². The number of benzene rings is 1. The summed E-state index contributed by atoms with van der Waals surface area (Å²) in [7, 11) is 0. The summed E-state index contributed by atoms with van der Waals surface area (Å²) in [6, 6.07) is 2.42. The summed E-state index contributed by atoms with van der Waals surface area (Å²) in [6.07, 6.45) is -4.51. The van der Waals surface area contributed by atoms with Crippen LogP contribution in [0.5, 0.6) is 0 Å². The van der Waals surface area contributed by atoms with Crippen molar-refractivity contribution < 1.29 is 23.1 Å². The fraction of sp³-hybridized carbons (Fsp3) is 0.100. The molecule has 0 heterocycles. The summed E-state index contributed by atoms with van der Waals surface area (Å²) in [4.78, 5) is 10.6. The van der Waals surface area contributed by atoms with Crippen LogP contribution in [0.15, 0.2) is 24.8 Å². The third-order valence-electron chi connectivity index (χ3n) is 1.88. The summed E-state index contributed by atoms with van der Waals surface area (Å²) >= 11 is 5.55. The van der Waals surface area contributed by atoms with Crippen molar-refractivity contribution in [2.75, 3.05) is 0 Å². The quantitative estimate of drug-likeness (QED) is 0.816. The van der Waals surface area contributed by atoms with E-state index in [0.717, 1.165) is 12.1 Å². The van der Waals surface area contributed by atoms with E-state index in [1.54, 1.807) is 0 Å². The molecule has 0 fully saturated rings. The van der Waals surface area contributed by atoms with Crippen molar-refractivity contribution in [3.63, 3.8) is 0 Å². The molecule has 0 bridgehead atoms. The van der Waals surface area contributed by atoms with Crippen LogP contribution in [0.1, 0.15) is 11.1 Å². The highest BCUT2D eigenvalue weighted by Crippen LogP contribution is 2.33. The molecule has 1 aromatic rings. The highest BCUT2D eigenvalue weighted by Gasteiger charge is 2.31. The Labute approximate surface area is 94.0 Å². The molecule has 16 heavy (non-hydrogen) atoms. The first-order valence-electron chi connectivity index (χ1n) is 4.03. The summed E-state index contributed by atoms with van der Waals surface area (Å²) in [5, 5.41) is 8.32. The molecule has 2 nitrogen and oxygen atoms in total. The van der Waals surface area contributed by atoms with Crippen LogP contribution in [0, 0.1) is 0 Å². The average Bonchev–Trinajstić information content (AvgIpc) is 2.15. The van der Waals surface area contributed by atoms with Gasteiger partial charge in [0.2, 0.25) is 0 Å². The van der Waals surface area contributed by atoms with Crippen LogP contribution in [-0.4, -0.2) is 11.1 Å². The highest BCUT2D eigenvalue weighted by molar-refractivity contribution is 6.34. The molecule has 1 N–H and O–H groups in total. The average molecular weight is 251 g/mol. The topological polar surface area (TPSA) is 37.3 Å². The molecule has 0 amide bonds. The molecule has 0 atom stereocenters. The second kappa shape index (κ2) is 4.17. The summed E-state index contributed by atoms with van der Waals surface area (Å²) < 4.78 is 36.8. The van der Waals surface area contributed by atoms with E-state index in [4.69, 9.17) is 16.7 Å². The molecule has 0 spiro atoms. The third-order valence-corrected chi connectivity index (χ3v) is 2.19. The number of hydrogen-bond donors (Lipinski definition) is 1. The Hall–Kier alpha value is -1.49. The Kier molecular flexibility index (Phi) is 3.28. The van der Waals surface area contributed by atoms with Crippen LogP contribution >= 0.6 is 11.6 Å². The minimum Gasteiger partial charge on any atom is -0.478 e. The van der Waals surface area contributed by atoms with Gasteiger partial charge in [-0.25, -0.2) is 4.79 Å². The van der Waals surface area contributed by atoms with Gasteiger partial charge in [0.05, 0.1) is 11.1 Å². The maximum absolute atomic E-state index is 12.3. The standard InChI is InChI=1S/C10H6ClF3O2/c1-5(9(15)16)7-3-2-6(4-8(7)11)10(12,13)14/h2-4H,1H2,(H,15,16). The maximum atomic E-state index is 12.3. The van der Waals surface area contributed by atoms with Crippen molar-refractivity contribution in [1.29, 1.82) is 0 Å². The zero-order chi connectivity index (χ0) is 12.5. The molecule has 0 saturated carbocycles. The van der Waals surface area contributed by atoms with Crippen LogP contribution in [-0.2, 0) is 11.0 Å². The van der Waals surface area contributed by atoms with E-state index in [-0.39, 0.29) is 16.2 Å². The lowest BCUT2D eigenvalue weighted by Crippen LogP contribution is -2.06. The fourth-order valence-corrected chi connectivity index (χ4v) is 1.35. The van der Waals surface area contributed by atoms with E-state index >= 15 is 0 Å². The lowest BCUT2D eigenvalue weighted by atomic mass is 10.1. The van der Waals surface area contributed by atoms with Crippen molar-refractivity contribution in [3.8, 4) is 0 Å². The lowest BCUT2D eigenvalue weighted by molar-refractivity contribution is -0.137. The Bertz CT molecular complexity index is 452. The summed E-state index contributed by atoms with van der Waals surface area (Å²) in [5.41, 5.74) is -1.31. The van der Waals surface area contributed by atoms with Crippen LogP contribution in [0.2, 0.25) is 5.02 Å². The van der Waals surface area contributed by atoms with Crippen molar-refractivity contribution >= 4 is 23.1 Å². The Morgan fingerprint density at radius 2 is 1.94 bits per heavy atom. The van der Waals surface area contributed by atoms with Gasteiger partial charge in [-0.05, 0) is 12.1 Å². The van der Waals surface area contributed by atoms with Crippen LogP contribution in [0.4, 0.5) is 13.2 Å². The molecule has 1 aromatic carbocycles. The number of aliphatic carboxylic acids is 1. The molecule has 86 valence electrons. The molecule has 0 aromatic heterocycles. The Morgan fingerprint density at radius 1 is 1.38 bits per heavy atom. The van der Waals surface area contributed by atoms with Crippen molar-refractivity contribution in [2.45, 2.75) is 6.18 Å². The molecular formula is C10H6ClF3O2. The number of carbonyl (C=O) groups is 1. The maximum Gasteiger partial charge on any atom is 0.416 e. The van der Waals surface area contributed by atoms with Gasteiger partial charge in [0.15, 0.2) is 0 Å². The van der Waals surface area contributed by atoms with Gasteiger partial charge in [-0.2, -0.15) is 13.2 Å². The normalized spacial score (nSPS) is 11.2. The van der Waals surface area contributed by atoms with E-state index in [1.807, 2.05) is 0 Å². The lowest BCUT2D eigenvalue weighted by Gasteiger charge is -2.09. The first kappa shape index (κ1) is 12.6. The molecule has 0 aliphatic carbocycles. The highest BCUT2D eigenvalue weighted by atomic mass is 35.5. The first-order valence-corrected chi connectivity index (χ1v) is 4.40. The molecule has 0 radical (unpaired) electrons. The van der Waals surface area contributed by atoms with E-state index in [2.05, 4.69) is 6.58 Å². The van der Waals surface area contributed by atoms with Crippen LogP contribution in [0.3, 0.4) is 0 Å². The number of carboxylic acids is 1. The van der Waals surface area contributed by atoms with Gasteiger partial charge in [-0.3, -0.25) is 0 Å². The molecule has 6 heteroatoms. The minimum absolute atomic E-state index is 0.0258. The summed E-state index contributed by atoms with van der Waals surface area (Å²) in [5.74, 6) is -1.33. The molecular weight excluding hydrogens is 245 g/mol. The largest absolute Gasteiger partial charge is 0.478 e. The van der Waals surface area contributed by atoms with E-state index in [9.17, 15) is 18.0 Å². The van der Waals surface area contributed by atoms with E-state index in [1.165, 1.54) is 0 Å². The van der Waals surface area contributed by atoms with Gasteiger partial charge in [0.1, 0.15) is 0 Å². The number of hydrogen-bond acceptors (Lipinski definition) is 1. The predicted octanol–water partition coefficient (Wildman–Crippen LogP) is 3.46. The SMILES string of the molecule is C=C(C(=O)O)c1ccc(C(F)(F)F)cc1Cl. The number of rotatable bonds is 2. The molecule has 0 unspecified atom stereocenters. The van der Waals surface area contributed by atoms with E-state index < -0.39 is 17.7 Å². The number of halogens is 4. The monoisotopic (exact) mass is 250 g/mol.